The quantitative estimate of drug-likeness (QED) is 0.257. The first-order valence-electron chi connectivity index (χ1n) is 15.1. The Hall–Kier alpha value is -2.95. The van der Waals surface area contributed by atoms with E-state index in [0.717, 1.165) is 61.8 Å². The highest BCUT2D eigenvalue weighted by Crippen LogP contribution is 2.41. The number of aromatic nitrogens is 3. The lowest BCUT2D eigenvalue weighted by Crippen LogP contribution is -2.43. The molecule has 0 spiro atoms. The van der Waals surface area contributed by atoms with Crippen LogP contribution in [-0.2, 0) is 13.0 Å². The van der Waals surface area contributed by atoms with Gasteiger partial charge in [-0.3, -0.25) is 9.36 Å². The van der Waals surface area contributed by atoms with Crippen LogP contribution >= 0.6 is 0 Å². The number of hydrogen-bond donors (Lipinski definition) is 1. The van der Waals surface area contributed by atoms with Gasteiger partial charge in [-0.1, -0.05) is 72.4 Å². The molecule has 5 rings (SSSR count). The molecule has 0 atom stereocenters. The molecular weight excluding hydrogens is 510 g/mol. The fourth-order valence-corrected chi connectivity index (χ4v) is 12.6. The SMILES string of the molecule is CC(C)[Si](C#Cc1cc(=O)n(C2CCCC2)c2nc(Nc3cccc4c3CCN(C)C4)ncc12)(C(C)C)C(C)C. The van der Waals surface area contributed by atoms with Gasteiger partial charge in [-0.15, -0.1) is 5.54 Å². The Morgan fingerprint density at radius 1 is 1.05 bits per heavy atom. The largest absolute Gasteiger partial charge is 0.324 e. The average Bonchev–Trinajstić information content (AvgIpc) is 3.42. The minimum atomic E-state index is -1.96. The molecule has 1 aromatic carbocycles. The normalized spacial score (nSPS) is 16.6. The van der Waals surface area contributed by atoms with E-state index in [1.54, 1.807) is 6.07 Å². The van der Waals surface area contributed by atoms with Crippen molar-refractivity contribution < 1.29 is 0 Å². The van der Waals surface area contributed by atoms with Crippen molar-refractivity contribution in [2.45, 2.75) is 103 Å². The minimum absolute atomic E-state index is 0.000569. The van der Waals surface area contributed by atoms with Crippen LogP contribution in [-0.4, -0.2) is 41.1 Å². The van der Waals surface area contributed by atoms with Crippen molar-refractivity contribution in [1.29, 1.82) is 0 Å². The summed E-state index contributed by atoms with van der Waals surface area (Å²) in [5, 5.41) is 4.39. The maximum Gasteiger partial charge on any atom is 0.253 e. The molecule has 0 unspecified atom stereocenters. The van der Waals surface area contributed by atoms with Crippen molar-refractivity contribution in [2.75, 3.05) is 18.9 Å². The Kier molecular flexibility index (Phi) is 8.21. The molecule has 2 aromatic heterocycles. The number of nitrogens with one attached hydrogen (secondary N) is 1. The van der Waals surface area contributed by atoms with E-state index < -0.39 is 8.07 Å². The van der Waals surface area contributed by atoms with E-state index >= 15 is 0 Å². The third-order valence-corrected chi connectivity index (χ3v) is 15.8. The van der Waals surface area contributed by atoms with Crippen LogP contribution in [0.5, 0.6) is 0 Å². The van der Waals surface area contributed by atoms with Gasteiger partial charge in [-0.2, -0.15) is 4.98 Å². The van der Waals surface area contributed by atoms with Gasteiger partial charge in [0, 0.05) is 42.6 Å². The van der Waals surface area contributed by atoms with Crippen molar-refractivity contribution >= 4 is 30.7 Å². The Labute approximate surface area is 240 Å². The molecule has 0 amide bonds. The van der Waals surface area contributed by atoms with Crippen LogP contribution in [0.1, 0.15) is 90.0 Å². The minimum Gasteiger partial charge on any atom is -0.324 e. The van der Waals surface area contributed by atoms with E-state index in [9.17, 15) is 4.79 Å². The Morgan fingerprint density at radius 3 is 2.42 bits per heavy atom. The predicted molar refractivity (Wildman–Crippen MR) is 169 cm³/mol. The van der Waals surface area contributed by atoms with E-state index in [2.05, 4.69) is 88.5 Å². The fourth-order valence-electron chi connectivity index (χ4n) is 7.40. The monoisotopic (exact) mass is 555 g/mol. The van der Waals surface area contributed by atoms with Gasteiger partial charge in [0.05, 0.1) is 5.39 Å². The van der Waals surface area contributed by atoms with Gasteiger partial charge in [0.2, 0.25) is 5.95 Å². The average molecular weight is 556 g/mol. The second-order valence-corrected chi connectivity index (χ2v) is 18.4. The molecular formula is C33H45N5OSi. The van der Waals surface area contributed by atoms with Crippen LogP contribution in [0.4, 0.5) is 11.6 Å². The lowest BCUT2D eigenvalue weighted by atomic mass is 9.98. The van der Waals surface area contributed by atoms with Crippen LogP contribution < -0.4 is 10.9 Å². The van der Waals surface area contributed by atoms with E-state index in [1.807, 2.05) is 10.8 Å². The van der Waals surface area contributed by atoms with Crippen molar-refractivity contribution in [1.82, 2.24) is 19.4 Å². The molecule has 2 aliphatic rings. The lowest BCUT2D eigenvalue weighted by molar-refractivity contribution is 0.313. The maximum absolute atomic E-state index is 13.7. The predicted octanol–water partition coefficient (Wildman–Crippen LogP) is 7.21. The molecule has 0 radical (unpaired) electrons. The van der Waals surface area contributed by atoms with Gasteiger partial charge in [0.15, 0.2) is 0 Å². The number of likely N-dealkylation sites (N-methyl/N-ethyl adjacent to an activating group) is 1. The molecule has 0 bridgehead atoms. The summed E-state index contributed by atoms with van der Waals surface area (Å²) in [4.78, 5) is 25.8. The van der Waals surface area contributed by atoms with Crippen molar-refractivity contribution in [3.05, 3.63) is 57.5 Å². The zero-order valence-electron chi connectivity index (χ0n) is 25.3. The first kappa shape index (κ1) is 28.6. The molecule has 3 aromatic rings. The van der Waals surface area contributed by atoms with Gasteiger partial charge in [0.1, 0.15) is 13.7 Å². The van der Waals surface area contributed by atoms with E-state index in [-0.39, 0.29) is 11.6 Å². The van der Waals surface area contributed by atoms with Crippen molar-refractivity contribution in [3.8, 4) is 11.5 Å². The topological polar surface area (TPSA) is 63.1 Å². The zero-order chi connectivity index (χ0) is 28.6. The highest BCUT2D eigenvalue weighted by atomic mass is 28.3. The number of pyridine rings is 1. The summed E-state index contributed by atoms with van der Waals surface area (Å²) in [5.41, 5.74) is 10.6. The summed E-state index contributed by atoms with van der Waals surface area (Å²) in [6.07, 6.45) is 7.18. The van der Waals surface area contributed by atoms with Crippen LogP contribution in [0.3, 0.4) is 0 Å². The summed E-state index contributed by atoms with van der Waals surface area (Å²) >= 11 is 0. The second-order valence-electron chi connectivity index (χ2n) is 12.8. The Balaban J connectivity index is 1.63. The highest BCUT2D eigenvalue weighted by molar-refractivity contribution is 6.90. The maximum atomic E-state index is 13.7. The fraction of sp³-hybridized carbons (Fsp3) is 0.545. The Bertz CT molecular complexity index is 1490. The number of rotatable bonds is 6. The highest BCUT2D eigenvalue weighted by Gasteiger charge is 2.41. The molecule has 40 heavy (non-hydrogen) atoms. The van der Waals surface area contributed by atoms with Crippen LogP contribution in [0, 0.1) is 11.5 Å². The van der Waals surface area contributed by atoms with Crippen LogP contribution in [0.25, 0.3) is 11.0 Å². The van der Waals surface area contributed by atoms with Gasteiger partial charge in [-0.05, 0) is 60.1 Å². The Morgan fingerprint density at radius 2 is 1.75 bits per heavy atom. The molecule has 1 fully saturated rings. The number of anilines is 2. The molecule has 1 aliphatic carbocycles. The zero-order valence-corrected chi connectivity index (χ0v) is 26.3. The summed E-state index contributed by atoms with van der Waals surface area (Å²) in [6.45, 7) is 15.9. The number of nitrogens with zero attached hydrogens (tertiary/aromatic N) is 4. The molecule has 1 N–H and O–H groups in total. The third kappa shape index (κ3) is 5.24. The van der Waals surface area contributed by atoms with E-state index in [0.29, 0.717) is 28.2 Å². The molecule has 3 heterocycles. The molecule has 6 nitrogen and oxygen atoms in total. The van der Waals surface area contributed by atoms with Crippen molar-refractivity contribution in [3.63, 3.8) is 0 Å². The molecule has 212 valence electrons. The molecule has 1 aliphatic heterocycles. The molecule has 0 saturated heterocycles. The van der Waals surface area contributed by atoms with E-state index in [4.69, 9.17) is 9.97 Å². The number of fused-ring (bicyclic) bond motifs is 2. The summed E-state index contributed by atoms with van der Waals surface area (Å²) < 4.78 is 1.92. The van der Waals surface area contributed by atoms with Crippen molar-refractivity contribution in [2.24, 2.45) is 0 Å². The first-order chi connectivity index (χ1) is 19.1. The first-order valence-corrected chi connectivity index (χ1v) is 17.4. The van der Waals surface area contributed by atoms with Gasteiger partial charge in [-0.25, -0.2) is 4.98 Å². The summed E-state index contributed by atoms with van der Waals surface area (Å²) in [5.74, 6) is 4.07. The third-order valence-electron chi connectivity index (χ3n) is 9.47. The standard InChI is InChI=1S/C33H45N5OSi/c1-22(2)40(23(3)4,24(5)6)18-16-25-19-31(39)38(27-12-8-9-13-27)32-29(25)20-34-33(36-32)35-30-14-10-11-26-21-37(7)17-15-28(26)30/h10-11,14,19-20,22-24,27H,8-9,12-13,15,17,21H2,1-7H3,(H,34,35,36). The smallest absolute Gasteiger partial charge is 0.253 e. The lowest BCUT2D eigenvalue weighted by Gasteiger charge is -2.38. The van der Waals surface area contributed by atoms with Crippen LogP contribution in [0.2, 0.25) is 16.6 Å². The van der Waals surface area contributed by atoms with Gasteiger partial charge < -0.3 is 10.2 Å². The number of hydrogen-bond acceptors (Lipinski definition) is 5. The summed E-state index contributed by atoms with van der Waals surface area (Å²) in [6, 6.07) is 8.33. The molecule has 1 saturated carbocycles. The van der Waals surface area contributed by atoms with Gasteiger partial charge >= 0.3 is 0 Å². The van der Waals surface area contributed by atoms with Gasteiger partial charge in [0.25, 0.3) is 5.56 Å². The summed E-state index contributed by atoms with van der Waals surface area (Å²) in [7, 11) is 0.199. The van der Waals surface area contributed by atoms with E-state index in [1.165, 1.54) is 11.1 Å². The molecule has 7 heteroatoms. The second kappa shape index (κ2) is 11.5. The van der Waals surface area contributed by atoms with Crippen LogP contribution in [0.15, 0.2) is 35.3 Å². The number of benzene rings is 1.